The summed E-state index contributed by atoms with van der Waals surface area (Å²) < 4.78 is 37.3. The number of hydrogen-bond acceptors (Lipinski definition) is 3. The lowest BCUT2D eigenvalue weighted by Crippen LogP contribution is -2.35. The van der Waals surface area contributed by atoms with E-state index in [1.54, 1.807) is 12.1 Å². The largest absolute Gasteiger partial charge is 0.352 e. The van der Waals surface area contributed by atoms with Gasteiger partial charge in [-0.15, -0.1) is 0 Å². The number of sulfonamides is 1. The van der Waals surface area contributed by atoms with Crippen molar-refractivity contribution in [2.75, 3.05) is 19.3 Å². The minimum absolute atomic E-state index is 0.109. The van der Waals surface area contributed by atoms with Crippen molar-refractivity contribution >= 4 is 15.9 Å². The van der Waals surface area contributed by atoms with E-state index in [-0.39, 0.29) is 24.7 Å². The van der Waals surface area contributed by atoms with Crippen LogP contribution in [0.15, 0.2) is 24.3 Å². The van der Waals surface area contributed by atoms with Crippen molar-refractivity contribution in [1.82, 2.24) is 9.62 Å². The number of nitrogens with one attached hydrogen (secondary N) is 1. The molecule has 7 heteroatoms. The normalized spacial score (nSPS) is 11.6. The first-order valence-electron chi connectivity index (χ1n) is 7.29. The van der Waals surface area contributed by atoms with E-state index in [0.717, 1.165) is 24.7 Å². The Balaban J connectivity index is 2.41. The molecule has 1 aromatic carbocycles. The minimum Gasteiger partial charge on any atom is -0.352 e. The lowest BCUT2D eigenvalue weighted by Gasteiger charge is -2.19. The summed E-state index contributed by atoms with van der Waals surface area (Å²) in [6.07, 6.45) is 2.92. The molecule has 0 saturated heterocycles. The number of benzene rings is 1. The Kier molecular flexibility index (Phi) is 7.47. The number of halogens is 1. The molecule has 0 fully saturated rings. The van der Waals surface area contributed by atoms with Crippen LogP contribution in [-0.2, 0) is 21.4 Å². The van der Waals surface area contributed by atoms with Gasteiger partial charge in [0.2, 0.25) is 15.9 Å². The van der Waals surface area contributed by atoms with Crippen molar-refractivity contribution in [3.8, 4) is 0 Å². The van der Waals surface area contributed by atoms with Crippen LogP contribution in [0.3, 0.4) is 0 Å². The van der Waals surface area contributed by atoms with Crippen LogP contribution in [-0.4, -0.2) is 38.0 Å². The first-order chi connectivity index (χ1) is 10.3. The quantitative estimate of drug-likeness (QED) is 0.752. The summed E-state index contributed by atoms with van der Waals surface area (Å²) in [5.74, 6) is -0.552. The summed E-state index contributed by atoms with van der Waals surface area (Å²) in [4.78, 5) is 11.8. The maximum atomic E-state index is 12.8. The lowest BCUT2D eigenvalue weighted by atomic mass is 10.2. The van der Waals surface area contributed by atoms with Crippen LogP contribution >= 0.6 is 0 Å². The van der Waals surface area contributed by atoms with Gasteiger partial charge in [-0.2, -0.15) is 0 Å². The maximum Gasteiger partial charge on any atom is 0.221 e. The molecular weight excluding hydrogens is 307 g/mol. The standard InChI is InChI=1S/C15H23FN2O3S/c1-3-4-10-18(22(2,20)21)11-9-15(19)17-12-13-5-7-14(16)8-6-13/h5-8H,3-4,9-12H2,1-2H3,(H,17,19). The molecule has 0 bridgehead atoms. The van der Waals surface area contributed by atoms with Crippen molar-refractivity contribution in [1.29, 1.82) is 0 Å². The van der Waals surface area contributed by atoms with Gasteiger partial charge in [0.1, 0.15) is 5.82 Å². The van der Waals surface area contributed by atoms with Crippen LogP contribution in [0.25, 0.3) is 0 Å². The van der Waals surface area contributed by atoms with Crippen LogP contribution in [0.5, 0.6) is 0 Å². The predicted molar refractivity (Wildman–Crippen MR) is 84.2 cm³/mol. The molecule has 1 N–H and O–H groups in total. The topological polar surface area (TPSA) is 66.5 Å². The molecule has 0 aliphatic carbocycles. The highest BCUT2D eigenvalue weighted by Gasteiger charge is 2.16. The first-order valence-corrected chi connectivity index (χ1v) is 9.14. The highest BCUT2D eigenvalue weighted by atomic mass is 32.2. The average Bonchev–Trinajstić information content (AvgIpc) is 2.45. The Morgan fingerprint density at radius 3 is 2.41 bits per heavy atom. The molecular formula is C15H23FN2O3S. The second-order valence-electron chi connectivity index (χ2n) is 5.17. The summed E-state index contributed by atoms with van der Waals surface area (Å²) in [6.45, 7) is 2.89. The van der Waals surface area contributed by atoms with E-state index in [2.05, 4.69) is 5.32 Å². The van der Waals surface area contributed by atoms with E-state index in [1.165, 1.54) is 16.4 Å². The fourth-order valence-electron chi connectivity index (χ4n) is 1.90. The van der Waals surface area contributed by atoms with E-state index >= 15 is 0 Å². The van der Waals surface area contributed by atoms with Gasteiger partial charge in [-0.3, -0.25) is 4.79 Å². The van der Waals surface area contributed by atoms with Crippen molar-refractivity contribution in [3.05, 3.63) is 35.6 Å². The molecule has 5 nitrogen and oxygen atoms in total. The monoisotopic (exact) mass is 330 g/mol. The number of amides is 1. The van der Waals surface area contributed by atoms with Gasteiger partial charge in [0.25, 0.3) is 0 Å². The highest BCUT2D eigenvalue weighted by molar-refractivity contribution is 7.88. The number of carbonyl (C=O) groups is 1. The lowest BCUT2D eigenvalue weighted by molar-refractivity contribution is -0.121. The molecule has 124 valence electrons. The maximum absolute atomic E-state index is 12.8. The molecule has 0 unspecified atom stereocenters. The summed E-state index contributed by atoms with van der Waals surface area (Å²) in [6, 6.07) is 5.86. The molecule has 0 aromatic heterocycles. The molecule has 0 aliphatic heterocycles. The number of hydrogen-bond donors (Lipinski definition) is 1. The molecule has 0 heterocycles. The van der Waals surface area contributed by atoms with Gasteiger partial charge >= 0.3 is 0 Å². The summed E-state index contributed by atoms with van der Waals surface area (Å²) in [7, 11) is -3.29. The van der Waals surface area contributed by atoms with Crippen molar-refractivity contribution < 1.29 is 17.6 Å². The summed E-state index contributed by atoms with van der Waals surface area (Å²) in [5.41, 5.74) is 0.792. The number of rotatable bonds is 9. The third-order valence-electron chi connectivity index (χ3n) is 3.22. The summed E-state index contributed by atoms with van der Waals surface area (Å²) in [5, 5.41) is 2.70. The Bertz CT molecular complexity index is 573. The average molecular weight is 330 g/mol. The molecule has 1 amide bonds. The fourth-order valence-corrected chi connectivity index (χ4v) is 2.78. The van der Waals surface area contributed by atoms with Crippen molar-refractivity contribution in [2.24, 2.45) is 0 Å². The van der Waals surface area contributed by atoms with Gasteiger partial charge in [0, 0.05) is 26.1 Å². The molecule has 0 atom stereocenters. The Hall–Kier alpha value is -1.47. The zero-order valence-corrected chi connectivity index (χ0v) is 13.8. The van der Waals surface area contributed by atoms with E-state index < -0.39 is 10.0 Å². The van der Waals surface area contributed by atoms with Gasteiger partial charge in [0.15, 0.2) is 0 Å². The zero-order valence-electron chi connectivity index (χ0n) is 13.0. The fraction of sp³-hybridized carbons (Fsp3) is 0.533. The third kappa shape index (κ3) is 7.00. The van der Waals surface area contributed by atoms with Crippen molar-refractivity contribution in [3.63, 3.8) is 0 Å². The van der Waals surface area contributed by atoms with Gasteiger partial charge in [-0.1, -0.05) is 25.5 Å². The highest BCUT2D eigenvalue weighted by Crippen LogP contribution is 2.04. The molecule has 0 saturated carbocycles. The van der Waals surface area contributed by atoms with E-state index in [1.807, 2.05) is 6.92 Å². The van der Waals surface area contributed by atoms with Crippen molar-refractivity contribution in [2.45, 2.75) is 32.7 Å². The number of carbonyl (C=O) groups excluding carboxylic acids is 1. The van der Waals surface area contributed by atoms with E-state index in [9.17, 15) is 17.6 Å². The number of nitrogens with zero attached hydrogens (tertiary/aromatic N) is 1. The molecule has 1 rings (SSSR count). The van der Waals surface area contributed by atoms with Crippen LogP contribution in [0, 0.1) is 5.82 Å². The van der Waals surface area contributed by atoms with Crippen LogP contribution in [0.4, 0.5) is 4.39 Å². The third-order valence-corrected chi connectivity index (χ3v) is 4.52. The van der Waals surface area contributed by atoms with E-state index in [0.29, 0.717) is 13.1 Å². The summed E-state index contributed by atoms with van der Waals surface area (Å²) >= 11 is 0. The molecule has 0 aliphatic rings. The zero-order chi connectivity index (χ0) is 16.6. The molecule has 0 radical (unpaired) electrons. The Morgan fingerprint density at radius 2 is 1.86 bits per heavy atom. The minimum atomic E-state index is -3.29. The first kappa shape index (κ1) is 18.6. The predicted octanol–water partition coefficient (Wildman–Crippen LogP) is 1.89. The second-order valence-corrected chi connectivity index (χ2v) is 7.15. The Morgan fingerprint density at radius 1 is 1.23 bits per heavy atom. The van der Waals surface area contributed by atoms with Gasteiger partial charge in [-0.25, -0.2) is 17.1 Å². The number of unbranched alkanes of at least 4 members (excludes halogenated alkanes) is 1. The second kappa shape index (κ2) is 8.85. The van der Waals surface area contributed by atoms with E-state index in [4.69, 9.17) is 0 Å². The SMILES string of the molecule is CCCCN(CCC(=O)NCc1ccc(F)cc1)S(C)(=O)=O. The molecule has 1 aromatic rings. The molecule has 0 spiro atoms. The van der Waals surface area contributed by atoms with Gasteiger partial charge in [-0.05, 0) is 24.1 Å². The van der Waals surface area contributed by atoms with Crippen LogP contribution < -0.4 is 5.32 Å². The molecule has 22 heavy (non-hydrogen) atoms. The van der Waals surface area contributed by atoms with Gasteiger partial charge in [0.05, 0.1) is 6.26 Å². The smallest absolute Gasteiger partial charge is 0.221 e. The van der Waals surface area contributed by atoms with Crippen LogP contribution in [0.2, 0.25) is 0 Å². The van der Waals surface area contributed by atoms with Gasteiger partial charge < -0.3 is 5.32 Å². The Labute approximate surface area is 131 Å². The van der Waals surface area contributed by atoms with Crippen LogP contribution in [0.1, 0.15) is 31.7 Å².